The van der Waals surface area contributed by atoms with Crippen LogP contribution >= 0.6 is 0 Å². The minimum Gasteiger partial charge on any atom is -0.484 e. The molecule has 2 aromatic rings. The maximum Gasteiger partial charge on any atom is 0.342 e. The third-order valence-corrected chi connectivity index (χ3v) is 7.13. The number of para-hydroxylation sites is 1. The van der Waals surface area contributed by atoms with Gasteiger partial charge < -0.3 is 20.1 Å². The Morgan fingerprint density at radius 3 is 2.31 bits per heavy atom. The lowest BCUT2D eigenvalue weighted by molar-refractivity contribution is -0.163. The number of sulfonamides is 1. The van der Waals surface area contributed by atoms with Gasteiger partial charge in [-0.3, -0.25) is 9.59 Å². The molecule has 2 unspecified atom stereocenters. The van der Waals surface area contributed by atoms with E-state index in [9.17, 15) is 27.9 Å². The van der Waals surface area contributed by atoms with Gasteiger partial charge >= 0.3 is 5.97 Å². The molecule has 2 aromatic carbocycles. The van der Waals surface area contributed by atoms with Gasteiger partial charge in [0, 0.05) is 6.54 Å². The number of nitrogens with one attached hydrogen (secondary N) is 1. The molecule has 0 bridgehead atoms. The van der Waals surface area contributed by atoms with E-state index < -0.39 is 51.8 Å². The highest BCUT2D eigenvalue weighted by Crippen LogP contribution is 2.35. The van der Waals surface area contributed by atoms with E-state index in [1.165, 1.54) is 0 Å². The summed E-state index contributed by atoms with van der Waals surface area (Å²) in [7, 11) is -4.03. The van der Waals surface area contributed by atoms with E-state index in [4.69, 9.17) is 4.74 Å². The summed E-state index contributed by atoms with van der Waals surface area (Å²) in [5, 5.41) is 12.1. The Balaban J connectivity index is 1.44. The topological polar surface area (TPSA) is 133 Å². The van der Waals surface area contributed by atoms with Crippen LogP contribution in [-0.2, 0) is 30.2 Å². The molecule has 2 saturated heterocycles. The molecular weight excluding hydrogens is 438 g/mol. The number of carbonyl (C=O) groups excluding carboxylic acids is 2. The molecule has 0 saturated carbocycles. The maximum atomic E-state index is 12.9. The fourth-order valence-corrected chi connectivity index (χ4v) is 5.55. The van der Waals surface area contributed by atoms with Crippen LogP contribution < -0.4 is 10.1 Å². The van der Waals surface area contributed by atoms with Crippen molar-refractivity contribution >= 4 is 27.8 Å². The number of β-lactam (4-membered cyclic amide) rings is 1. The van der Waals surface area contributed by atoms with Crippen LogP contribution in [0.5, 0.6) is 5.75 Å². The van der Waals surface area contributed by atoms with Crippen molar-refractivity contribution in [3.05, 3.63) is 66.2 Å². The average Bonchev–Trinajstić information content (AvgIpc) is 3.15. The largest absolute Gasteiger partial charge is 0.484 e. The molecular formula is C21H21N3O7S. The molecule has 2 N–H and O–H groups in total. The predicted octanol–water partition coefficient (Wildman–Crippen LogP) is 0.0173. The Morgan fingerprint density at radius 1 is 1.06 bits per heavy atom. The van der Waals surface area contributed by atoms with E-state index in [1.54, 1.807) is 60.7 Å². The number of benzene rings is 2. The summed E-state index contributed by atoms with van der Waals surface area (Å²) < 4.78 is 32.1. The molecule has 3 atom stereocenters. The number of hydrogen-bond donors (Lipinski definition) is 2. The first-order chi connectivity index (χ1) is 15.3. The van der Waals surface area contributed by atoms with Crippen molar-refractivity contribution in [2.75, 3.05) is 13.2 Å². The van der Waals surface area contributed by atoms with Crippen LogP contribution in [-0.4, -0.2) is 71.9 Å². The van der Waals surface area contributed by atoms with E-state index in [0.29, 0.717) is 11.3 Å². The van der Waals surface area contributed by atoms with Crippen molar-refractivity contribution in [2.45, 2.75) is 24.0 Å². The van der Waals surface area contributed by atoms with Gasteiger partial charge in [0.1, 0.15) is 11.8 Å². The fourth-order valence-electron chi connectivity index (χ4n) is 3.90. The number of nitrogens with zero attached hydrogens (tertiary/aromatic N) is 2. The molecule has 2 aliphatic heterocycles. The van der Waals surface area contributed by atoms with Gasteiger partial charge in [-0.1, -0.05) is 48.5 Å². The fraction of sp³-hybridized carbons (Fsp3) is 0.286. The molecule has 2 fully saturated rings. The zero-order chi connectivity index (χ0) is 22.9. The van der Waals surface area contributed by atoms with Gasteiger partial charge in [0.2, 0.25) is 15.9 Å². The highest BCUT2D eigenvalue weighted by Gasteiger charge is 2.62. The number of carbonyl (C=O) groups is 3. The SMILES string of the molecule is O=C(COc1ccccc1)N[C@H]1C(=O)N2C1CN(S(=O)(=O)Cc1ccccc1)C2C(=O)O. The Labute approximate surface area is 184 Å². The van der Waals surface area contributed by atoms with E-state index in [1.807, 2.05) is 0 Å². The van der Waals surface area contributed by atoms with Crippen LogP contribution in [0.15, 0.2) is 60.7 Å². The van der Waals surface area contributed by atoms with E-state index in [-0.39, 0.29) is 13.2 Å². The highest BCUT2D eigenvalue weighted by molar-refractivity contribution is 7.88. The van der Waals surface area contributed by atoms with Crippen LogP contribution in [0.2, 0.25) is 0 Å². The van der Waals surface area contributed by atoms with E-state index >= 15 is 0 Å². The lowest BCUT2D eigenvalue weighted by Crippen LogP contribution is -2.71. The van der Waals surface area contributed by atoms with E-state index in [0.717, 1.165) is 9.21 Å². The Hall–Kier alpha value is -3.44. The van der Waals surface area contributed by atoms with Crippen molar-refractivity contribution in [2.24, 2.45) is 0 Å². The molecule has 4 rings (SSSR count). The zero-order valence-electron chi connectivity index (χ0n) is 16.8. The standard InChI is InChI=1S/C21H21N3O7S/c25-17(12-31-15-9-5-2-6-10-15)22-18-16-11-23(19(21(27)28)24(16)20(18)26)32(29,30)13-14-7-3-1-4-8-14/h1-10,16,18-19H,11-13H2,(H,22,25)(H,27,28)/t16?,18-,19?/m1/s1. The second-order valence-corrected chi connectivity index (χ2v) is 9.40. The molecule has 2 amide bonds. The van der Waals surface area contributed by atoms with Gasteiger partial charge in [0.05, 0.1) is 11.8 Å². The molecule has 0 spiro atoms. The summed E-state index contributed by atoms with van der Waals surface area (Å²) in [4.78, 5) is 37.6. The number of amides is 2. The summed E-state index contributed by atoms with van der Waals surface area (Å²) >= 11 is 0. The normalized spacial score (nSPS) is 22.7. The van der Waals surface area contributed by atoms with Gasteiger partial charge in [0.25, 0.3) is 5.91 Å². The zero-order valence-corrected chi connectivity index (χ0v) is 17.6. The summed E-state index contributed by atoms with van der Waals surface area (Å²) in [5.74, 6) is -2.57. The highest BCUT2D eigenvalue weighted by atomic mass is 32.2. The number of aliphatic carboxylic acids is 1. The number of carboxylic acid groups (broad SMARTS) is 1. The second-order valence-electron chi connectivity index (χ2n) is 7.48. The third-order valence-electron chi connectivity index (χ3n) is 5.37. The molecule has 168 valence electrons. The number of ether oxygens (including phenoxy) is 1. The number of fused-ring (bicyclic) bond motifs is 1. The van der Waals surface area contributed by atoms with Gasteiger partial charge in [-0.05, 0) is 17.7 Å². The minimum absolute atomic E-state index is 0.220. The predicted molar refractivity (Wildman–Crippen MR) is 112 cm³/mol. The van der Waals surface area contributed by atoms with Gasteiger partial charge in [-0.15, -0.1) is 0 Å². The Kier molecular flexibility index (Phi) is 5.85. The van der Waals surface area contributed by atoms with Crippen molar-refractivity contribution in [3.8, 4) is 5.75 Å². The molecule has 0 radical (unpaired) electrons. The summed E-state index contributed by atoms with van der Waals surface area (Å²) in [6.45, 7) is -0.554. The van der Waals surface area contributed by atoms with Crippen molar-refractivity contribution < 1.29 is 32.6 Å². The number of carboxylic acids is 1. The van der Waals surface area contributed by atoms with Crippen molar-refractivity contribution in [1.82, 2.24) is 14.5 Å². The monoisotopic (exact) mass is 459 g/mol. The quantitative estimate of drug-likeness (QED) is 0.532. The van der Waals surface area contributed by atoms with Crippen LogP contribution in [0, 0.1) is 0 Å². The first-order valence-electron chi connectivity index (χ1n) is 9.83. The van der Waals surface area contributed by atoms with Crippen LogP contribution in [0.25, 0.3) is 0 Å². The molecule has 2 aliphatic rings. The maximum absolute atomic E-state index is 12.9. The van der Waals surface area contributed by atoms with Crippen LogP contribution in [0.1, 0.15) is 5.56 Å². The summed E-state index contributed by atoms with van der Waals surface area (Å²) in [6.07, 6.45) is -1.64. The van der Waals surface area contributed by atoms with Gasteiger partial charge in [-0.2, -0.15) is 4.31 Å². The number of rotatable bonds is 8. The second kappa shape index (κ2) is 8.60. The van der Waals surface area contributed by atoms with Crippen LogP contribution in [0.3, 0.4) is 0 Å². The molecule has 11 heteroatoms. The Morgan fingerprint density at radius 2 is 1.69 bits per heavy atom. The first kappa shape index (κ1) is 21.8. The lowest BCUT2D eigenvalue weighted by atomic mass is 9.96. The number of hydrogen-bond acceptors (Lipinski definition) is 6. The van der Waals surface area contributed by atoms with Crippen molar-refractivity contribution in [3.63, 3.8) is 0 Å². The Bertz CT molecular complexity index is 1120. The molecule has 32 heavy (non-hydrogen) atoms. The smallest absolute Gasteiger partial charge is 0.342 e. The molecule has 0 aliphatic carbocycles. The summed E-state index contributed by atoms with van der Waals surface area (Å²) in [5.41, 5.74) is 0.500. The first-order valence-corrected chi connectivity index (χ1v) is 11.4. The molecule has 0 aromatic heterocycles. The van der Waals surface area contributed by atoms with E-state index in [2.05, 4.69) is 5.32 Å². The third kappa shape index (κ3) is 4.16. The van der Waals surface area contributed by atoms with Gasteiger partial charge in [0.15, 0.2) is 12.8 Å². The average molecular weight is 459 g/mol. The van der Waals surface area contributed by atoms with Crippen LogP contribution in [0.4, 0.5) is 0 Å². The molecule has 10 nitrogen and oxygen atoms in total. The lowest BCUT2D eigenvalue weighted by Gasteiger charge is -2.43. The van der Waals surface area contributed by atoms with Gasteiger partial charge in [-0.25, -0.2) is 13.2 Å². The molecule has 2 heterocycles. The minimum atomic E-state index is -4.03. The summed E-state index contributed by atoms with van der Waals surface area (Å²) in [6, 6.07) is 15.2. The van der Waals surface area contributed by atoms with Crippen molar-refractivity contribution in [1.29, 1.82) is 0 Å².